The van der Waals surface area contributed by atoms with E-state index in [1.54, 1.807) is 11.9 Å². The fraction of sp³-hybridized carbons (Fsp3) is 0.667. The molecule has 2 amide bonds. The number of furan rings is 1. The SMILES string of the molecule is CCc1oc(C(=O)N2C[C@@H](N)C[C@H]2C(=O)NC)cc1CN1CCCC1. The molecule has 0 aromatic carbocycles. The molecule has 2 aliphatic rings. The summed E-state index contributed by atoms with van der Waals surface area (Å²) in [5.74, 6) is 0.745. The van der Waals surface area contributed by atoms with Crippen LogP contribution in [0.4, 0.5) is 0 Å². The number of carbonyl (C=O) groups is 2. The largest absolute Gasteiger partial charge is 0.456 e. The maximum absolute atomic E-state index is 12.9. The van der Waals surface area contributed by atoms with Crippen LogP contribution in [0.5, 0.6) is 0 Å². The first-order valence-corrected chi connectivity index (χ1v) is 9.15. The molecule has 138 valence electrons. The second kappa shape index (κ2) is 7.58. The van der Waals surface area contributed by atoms with Crippen molar-refractivity contribution in [2.75, 3.05) is 26.7 Å². The summed E-state index contributed by atoms with van der Waals surface area (Å²) in [5.41, 5.74) is 7.06. The van der Waals surface area contributed by atoms with Gasteiger partial charge in [0.2, 0.25) is 5.91 Å². The summed E-state index contributed by atoms with van der Waals surface area (Å²) in [6, 6.07) is 1.14. The minimum absolute atomic E-state index is 0.180. The molecule has 0 saturated carbocycles. The zero-order valence-corrected chi connectivity index (χ0v) is 15.1. The van der Waals surface area contributed by atoms with E-state index in [0.29, 0.717) is 18.7 Å². The third-order valence-electron chi connectivity index (χ3n) is 5.16. The number of aryl methyl sites for hydroxylation is 1. The third-order valence-corrected chi connectivity index (χ3v) is 5.16. The number of hydrogen-bond donors (Lipinski definition) is 2. The Morgan fingerprint density at radius 3 is 2.72 bits per heavy atom. The van der Waals surface area contributed by atoms with Crippen molar-refractivity contribution < 1.29 is 14.0 Å². The van der Waals surface area contributed by atoms with E-state index in [1.165, 1.54) is 12.8 Å². The van der Waals surface area contributed by atoms with E-state index in [1.807, 2.05) is 13.0 Å². The lowest BCUT2D eigenvalue weighted by Gasteiger charge is -2.22. The Hall–Kier alpha value is -1.86. The predicted molar refractivity (Wildman–Crippen MR) is 94.1 cm³/mol. The van der Waals surface area contributed by atoms with Gasteiger partial charge in [0.05, 0.1) is 0 Å². The molecule has 3 N–H and O–H groups in total. The molecule has 2 fully saturated rings. The van der Waals surface area contributed by atoms with Gasteiger partial charge in [-0.2, -0.15) is 0 Å². The van der Waals surface area contributed by atoms with E-state index in [2.05, 4.69) is 10.2 Å². The number of hydrogen-bond acceptors (Lipinski definition) is 5. The topological polar surface area (TPSA) is 91.8 Å². The van der Waals surface area contributed by atoms with Gasteiger partial charge in [-0.1, -0.05) is 6.92 Å². The summed E-state index contributed by atoms with van der Waals surface area (Å²) in [6.45, 7) is 5.41. The first-order chi connectivity index (χ1) is 12.0. The molecule has 1 aromatic heterocycles. The van der Waals surface area contributed by atoms with Crippen LogP contribution in [0.15, 0.2) is 10.5 Å². The number of amides is 2. The molecule has 7 heteroatoms. The lowest BCUT2D eigenvalue weighted by atomic mass is 10.1. The van der Waals surface area contributed by atoms with Gasteiger partial charge in [0.15, 0.2) is 5.76 Å². The number of nitrogens with zero attached hydrogens (tertiary/aromatic N) is 2. The minimum Gasteiger partial charge on any atom is -0.456 e. The summed E-state index contributed by atoms with van der Waals surface area (Å²) in [6.07, 6.45) is 3.68. The van der Waals surface area contributed by atoms with E-state index < -0.39 is 6.04 Å². The molecule has 0 aliphatic carbocycles. The Bertz CT molecular complexity index is 636. The number of rotatable bonds is 5. The van der Waals surface area contributed by atoms with Crippen molar-refractivity contribution in [2.24, 2.45) is 5.73 Å². The van der Waals surface area contributed by atoms with Crippen molar-refractivity contribution in [2.45, 2.75) is 51.2 Å². The molecule has 0 radical (unpaired) electrons. The third kappa shape index (κ3) is 3.72. The van der Waals surface area contributed by atoms with Crippen molar-refractivity contribution in [1.82, 2.24) is 15.1 Å². The van der Waals surface area contributed by atoms with Crippen LogP contribution in [0.3, 0.4) is 0 Å². The molecular weight excluding hydrogens is 320 g/mol. The Morgan fingerprint density at radius 1 is 1.36 bits per heavy atom. The first kappa shape index (κ1) is 17.9. The number of carbonyl (C=O) groups excluding carboxylic acids is 2. The van der Waals surface area contributed by atoms with Crippen LogP contribution in [0.25, 0.3) is 0 Å². The van der Waals surface area contributed by atoms with Gasteiger partial charge in [-0.3, -0.25) is 14.5 Å². The number of nitrogens with one attached hydrogen (secondary N) is 1. The fourth-order valence-electron chi connectivity index (χ4n) is 3.84. The molecule has 0 spiro atoms. The molecule has 25 heavy (non-hydrogen) atoms. The Kier molecular flexibility index (Phi) is 5.44. The van der Waals surface area contributed by atoms with Gasteiger partial charge < -0.3 is 20.4 Å². The Labute approximate surface area is 148 Å². The molecule has 3 heterocycles. The van der Waals surface area contributed by atoms with Crippen LogP contribution >= 0.6 is 0 Å². The number of likely N-dealkylation sites (N-methyl/N-ethyl adjacent to an activating group) is 1. The van der Waals surface area contributed by atoms with Crippen molar-refractivity contribution in [3.63, 3.8) is 0 Å². The van der Waals surface area contributed by atoms with Gasteiger partial charge in [-0.05, 0) is 38.4 Å². The monoisotopic (exact) mass is 348 g/mol. The van der Waals surface area contributed by atoms with Gasteiger partial charge in [-0.15, -0.1) is 0 Å². The second-order valence-corrected chi connectivity index (χ2v) is 6.98. The molecular formula is C18H28N4O3. The van der Waals surface area contributed by atoms with Crippen LogP contribution in [0.2, 0.25) is 0 Å². The highest BCUT2D eigenvalue weighted by Crippen LogP contribution is 2.25. The van der Waals surface area contributed by atoms with Crippen molar-refractivity contribution in [1.29, 1.82) is 0 Å². The molecule has 0 unspecified atom stereocenters. The van der Waals surface area contributed by atoms with Gasteiger partial charge in [-0.25, -0.2) is 0 Å². The van der Waals surface area contributed by atoms with Crippen molar-refractivity contribution in [3.05, 3.63) is 23.2 Å². The first-order valence-electron chi connectivity index (χ1n) is 9.15. The summed E-state index contributed by atoms with van der Waals surface area (Å²) >= 11 is 0. The maximum atomic E-state index is 12.9. The molecule has 7 nitrogen and oxygen atoms in total. The van der Waals surface area contributed by atoms with Gasteiger partial charge in [0.25, 0.3) is 5.91 Å². The van der Waals surface area contributed by atoms with Gasteiger partial charge in [0.1, 0.15) is 11.8 Å². The predicted octanol–water partition coefficient (Wildman–Crippen LogP) is 0.726. The molecule has 1 aromatic rings. The van der Waals surface area contributed by atoms with Crippen LogP contribution < -0.4 is 11.1 Å². The molecule has 3 rings (SSSR count). The highest BCUT2D eigenvalue weighted by molar-refractivity contribution is 5.96. The second-order valence-electron chi connectivity index (χ2n) is 6.98. The van der Waals surface area contributed by atoms with Crippen LogP contribution in [0, 0.1) is 0 Å². The standard InChI is InChI=1S/C18H28N4O3/c1-3-15-12(10-21-6-4-5-7-21)8-16(25-15)18(24)22-11-13(19)9-14(22)17(23)20-2/h8,13-14H,3-7,9-11,19H2,1-2H3,(H,20,23)/t13-,14-/m0/s1. The molecule has 0 bridgehead atoms. The summed E-state index contributed by atoms with van der Waals surface area (Å²) in [4.78, 5) is 28.9. The summed E-state index contributed by atoms with van der Waals surface area (Å²) in [5, 5.41) is 2.61. The quantitative estimate of drug-likeness (QED) is 0.818. The summed E-state index contributed by atoms with van der Waals surface area (Å²) < 4.78 is 5.86. The lowest BCUT2D eigenvalue weighted by Crippen LogP contribution is -2.44. The number of likely N-dealkylation sites (tertiary alicyclic amines) is 2. The fourth-order valence-corrected chi connectivity index (χ4v) is 3.84. The average molecular weight is 348 g/mol. The maximum Gasteiger partial charge on any atom is 0.290 e. The minimum atomic E-state index is -0.523. The molecule has 2 saturated heterocycles. The van der Waals surface area contributed by atoms with E-state index in [4.69, 9.17) is 10.2 Å². The van der Waals surface area contributed by atoms with E-state index in [-0.39, 0.29) is 17.9 Å². The van der Waals surface area contributed by atoms with Crippen molar-refractivity contribution >= 4 is 11.8 Å². The highest BCUT2D eigenvalue weighted by Gasteiger charge is 2.39. The average Bonchev–Trinajstić information content (AvgIpc) is 3.33. The van der Waals surface area contributed by atoms with Gasteiger partial charge in [0, 0.05) is 38.2 Å². The van der Waals surface area contributed by atoms with Crippen LogP contribution in [-0.4, -0.2) is 60.4 Å². The lowest BCUT2D eigenvalue weighted by molar-refractivity contribution is -0.124. The smallest absolute Gasteiger partial charge is 0.290 e. The Morgan fingerprint density at radius 2 is 2.08 bits per heavy atom. The van der Waals surface area contributed by atoms with Crippen LogP contribution in [-0.2, 0) is 17.8 Å². The number of nitrogens with two attached hydrogens (primary N) is 1. The van der Waals surface area contributed by atoms with E-state index in [0.717, 1.165) is 37.4 Å². The highest BCUT2D eigenvalue weighted by atomic mass is 16.4. The van der Waals surface area contributed by atoms with E-state index >= 15 is 0 Å². The Balaban J connectivity index is 1.79. The van der Waals surface area contributed by atoms with Crippen LogP contribution in [0.1, 0.15) is 48.1 Å². The molecule has 2 atom stereocenters. The van der Waals surface area contributed by atoms with Crippen molar-refractivity contribution in [3.8, 4) is 0 Å². The zero-order chi connectivity index (χ0) is 18.0. The summed E-state index contributed by atoms with van der Waals surface area (Å²) in [7, 11) is 1.57. The van der Waals surface area contributed by atoms with Gasteiger partial charge >= 0.3 is 0 Å². The normalized spacial score (nSPS) is 24.0. The van der Waals surface area contributed by atoms with E-state index in [9.17, 15) is 9.59 Å². The molecule has 2 aliphatic heterocycles. The zero-order valence-electron chi connectivity index (χ0n) is 15.1.